The fourth-order valence-electron chi connectivity index (χ4n) is 3.72. The number of sulfone groups is 1. The first-order chi connectivity index (χ1) is 14.8. The van der Waals surface area contributed by atoms with E-state index in [1.165, 1.54) is 48.3 Å². The van der Waals surface area contributed by atoms with Crippen LogP contribution in [0.2, 0.25) is 0 Å². The molecule has 0 saturated carbocycles. The maximum absolute atomic E-state index is 13.4. The smallest absolute Gasteiger partial charge is 0.344 e. The van der Waals surface area contributed by atoms with Gasteiger partial charge < -0.3 is 10.2 Å². The van der Waals surface area contributed by atoms with Crippen LogP contribution in [0.1, 0.15) is 22.6 Å². The van der Waals surface area contributed by atoms with Gasteiger partial charge in [0.05, 0.1) is 27.8 Å². The number of halogens is 3. The molecular formula is C21H18F3N3O4S. The Balaban J connectivity index is 2.01. The summed E-state index contributed by atoms with van der Waals surface area (Å²) in [6, 6.07) is 10.2. The van der Waals surface area contributed by atoms with Crippen LogP contribution in [-0.4, -0.2) is 45.0 Å². The van der Waals surface area contributed by atoms with Gasteiger partial charge in [-0.1, -0.05) is 18.2 Å². The van der Waals surface area contributed by atoms with Crippen molar-refractivity contribution in [3.8, 4) is 6.07 Å². The predicted octanol–water partition coefficient (Wildman–Crippen LogP) is 2.79. The lowest BCUT2D eigenvalue weighted by molar-refractivity contribution is -0.138. The van der Waals surface area contributed by atoms with Crippen molar-refractivity contribution in [1.82, 2.24) is 4.90 Å². The van der Waals surface area contributed by atoms with E-state index in [1.807, 2.05) is 0 Å². The molecular weight excluding hydrogens is 447 g/mol. The van der Waals surface area contributed by atoms with Crippen molar-refractivity contribution in [2.45, 2.75) is 17.0 Å². The highest BCUT2D eigenvalue weighted by atomic mass is 32.2. The summed E-state index contributed by atoms with van der Waals surface area (Å²) in [7, 11) is -2.27. The van der Waals surface area contributed by atoms with Crippen LogP contribution >= 0.6 is 0 Å². The number of likely N-dealkylation sites (N-methyl/N-ethyl adjacent to an activating group) is 1. The molecule has 0 aliphatic carbocycles. The van der Waals surface area contributed by atoms with E-state index in [-0.39, 0.29) is 22.7 Å². The highest BCUT2D eigenvalue weighted by molar-refractivity contribution is 7.90. The zero-order valence-electron chi connectivity index (χ0n) is 17.0. The molecule has 0 radical (unpaired) electrons. The molecule has 0 spiro atoms. The summed E-state index contributed by atoms with van der Waals surface area (Å²) in [5, 5.41) is 11.4. The highest BCUT2D eigenvalue weighted by Crippen LogP contribution is 2.38. The molecule has 0 bridgehead atoms. The van der Waals surface area contributed by atoms with Crippen LogP contribution in [0.3, 0.4) is 0 Å². The van der Waals surface area contributed by atoms with Gasteiger partial charge in [0.2, 0.25) is 11.8 Å². The Morgan fingerprint density at radius 2 is 1.88 bits per heavy atom. The number of hydrogen-bond donors (Lipinski definition) is 1. The number of likely N-dealkylation sites (tertiary alicyclic amines) is 1. The van der Waals surface area contributed by atoms with E-state index < -0.39 is 50.8 Å². The number of nitrogens with one attached hydrogen (secondary N) is 1. The quantitative estimate of drug-likeness (QED) is 0.699. The van der Waals surface area contributed by atoms with Gasteiger partial charge >= 0.3 is 6.18 Å². The number of para-hydroxylation sites is 1. The number of amides is 2. The second-order valence-corrected chi connectivity index (χ2v) is 9.46. The van der Waals surface area contributed by atoms with Crippen molar-refractivity contribution in [2.75, 3.05) is 25.2 Å². The van der Waals surface area contributed by atoms with Gasteiger partial charge in [-0.3, -0.25) is 9.59 Å². The Bertz CT molecular complexity index is 1240. The second kappa shape index (κ2) is 8.27. The summed E-state index contributed by atoms with van der Waals surface area (Å²) >= 11 is 0. The van der Waals surface area contributed by atoms with Crippen LogP contribution in [0.15, 0.2) is 47.4 Å². The van der Waals surface area contributed by atoms with Crippen LogP contribution in [0, 0.1) is 17.2 Å². The largest absolute Gasteiger partial charge is 0.417 e. The van der Waals surface area contributed by atoms with E-state index in [4.69, 9.17) is 5.26 Å². The first kappa shape index (κ1) is 23.3. The molecule has 1 fully saturated rings. The van der Waals surface area contributed by atoms with E-state index in [0.717, 1.165) is 18.4 Å². The molecule has 1 N–H and O–H groups in total. The predicted molar refractivity (Wildman–Crippen MR) is 108 cm³/mol. The molecule has 32 heavy (non-hydrogen) atoms. The van der Waals surface area contributed by atoms with Crippen molar-refractivity contribution in [3.05, 3.63) is 59.2 Å². The number of anilines is 1. The van der Waals surface area contributed by atoms with Crippen molar-refractivity contribution in [3.63, 3.8) is 0 Å². The SMILES string of the molecule is CN1C[C@H](c2ccc(C#N)c(C(F)(F)F)c2)[C@@H](C(=O)Nc2ccccc2S(C)(=O)=O)C1=O. The fraction of sp³-hybridized carbons (Fsp3) is 0.286. The third-order valence-electron chi connectivity index (χ3n) is 5.24. The first-order valence-electron chi connectivity index (χ1n) is 9.30. The van der Waals surface area contributed by atoms with Crippen molar-refractivity contribution >= 4 is 27.3 Å². The first-order valence-corrected chi connectivity index (χ1v) is 11.2. The minimum atomic E-state index is -4.79. The number of hydrogen-bond acceptors (Lipinski definition) is 5. The number of nitriles is 1. The number of alkyl halides is 3. The maximum atomic E-state index is 13.4. The number of carbonyl (C=O) groups excluding carboxylic acids is 2. The van der Waals surface area contributed by atoms with E-state index in [9.17, 15) is 31.2 Å². The average Bonchev–Trinajstić information content (AvgIpc) is 3.01. The van der Waals surface area contributed by atoms with Gasteiger partial charge in [0.25, 0.3) is 0 Å². The van der Waals surface area contributed by atoms with Crippen molar-refractivity contribution < 1.29 is 31.2 Å². The summed E-state index contributed by atoms with van der Waals surface area (Å²) < 4.78 is 64.2. The average molecular weight is 465 g/mol. The van der Waals surface area contributed by atoms with Gasteiger partial charge in [0.1, 0.15) is 5.92 Å². The van der Waals surface area contributed by atoms with Gasteiger partial charge in [0.15, 0.2) is 9.84 Å². The van der Waals surface area contributed by atoms with E-state index in [2.05, 4.69) is 5.32 Å². The normalized spacial score (nSPS) is 19.0. The van der Waals surface area contributed by atoms with Crippen molar-refractivity contribution in [1.29, 1.82) is 5.26 Å². The molecule has 1 aliphatic rings. The summed E-state index contributed by atoms with van der Waals surface area (Å²) in [4.78, 5) is 26.8. The molecule has 3 rings (SSSR count). The minimum Gasteiger partial charge on any atom is -0.344 e. The lowest BCUT2D eigenvalue weighted by Crippen LogP contribution is -2.33. The molecule has 1 saturated heterocycles. The molecule has 1 heterocycles. The van der Waals surface area contributed by atoms with Gasteiger partial charge in [-0.25, -0.2) is 8.42 Å². The molecule has 11 heteroatoms. The highest BCUT2D eigenvalue weighted by Gasteiger charge is 2.45. The molecule has 2 atom stereocenters. The summed E-state index contributed by atoms with van der Waals surface area (Å²) in [5.41, 5.74) is -1.68. The molecule has 1 aliphatic heterocycles. The molecule has 168 valence electrons. The van der Waals surface area contributed by atoms with Gasteiger partial charge in [-0.2, -0.15) is 18.4 Å². The Labute approximate surface area is 182 Å². The van der Waals surface area contributed by atoms with Crippen LogP contribution in [-0.2, 0) is 25.6 Å². The molecule has 0 aromatic heterocycles. The zero-order chi connectivity index (χ0) is 23.8. The Morgan fingerprint density at radius 3 is 2.47 bits per heavy atom. The Hall–Kier alpha value is -3.39. The van der Waals surface area contributed by atoms with Crippen LogP contribution < -0.4 is 5.32 Å². The summed E-state index contributed by atoms with van der Waals surface area (Å²) in [5.74, 6) is -3.74. The van der Waals surface area contributed by atoms with E-state index >= 15 is 0 Å². The van der Waals surface area contributed by atoms with Gasteiger partial charge in [-0.05, 0) is 29.8 Å². The summed E-state index contributed by atoms with van der Waals surface area (Å²) in [6.45, 7) is -0.0200. The van der Waals surface area contributed by atoms with Gasteiger partial charge in [0, 0.05) is 25.8 Å². The number of benzene rings is 2. The Morgan fingerprint density at radius 1 is 1.22 bits per heavy atom. The zero-order valence-corrected chi connectivity index (χ0v) is 17.8. The molecule has 7 nitrogen and oxygen atoms in total. The molecule has 2 aromatic carbocycles. The minimum absolute atomic E-state index is 0.0200. The fourth-order valence-corrected chi connectivity index (χ4v) is 4.57. The molecule has 2 aromatic rings. The lowest BCUT2D eigenvalue weighted by atomic mass is 9.86. The maximum Gasteiger partial charge on any atom is 0.417 e. The van der Waals surface area contributed by atoms with Crippen LogP contribution in [0.4, 0.5) is 18.9 Å². The third-order valence-corrected chi connectivity index (χ3v) is 6.39. The monoisotopic (exact) mass is 465 g/mol. The topological polar surface area (TPSA) is 107 Å². The standard InChI is InChI=1S/C21H18F3N3O4S/c1-27-11-14(12-7-8-13(10-25)15(9-12)21(22,23)24)18(20(27)29)19(28)26-16-5-3-4-6-17(16)32(2,30)31/h3-9,14,18H,11H2,1-2H3,(H,26,28)/t14-,18+/m1/s1. The van der Waals surface area contributed by atoms with E-state index in [1.54, 1.807) is 0 Å². The van der Waals surface area contributed by atoms with Crippen LogP contribution in [0.25, 0.3) is 0 Å². The lowest BCUT2D eigenvalue weighted by Gasteiger charge is -2.19. The molecule has 2 amide bonds. The number of carbonyl (C=O) groups is 2. The van der Waals surface area contributed by atoms with Crippen molar-refractivity contribution in [2.24, 2.45) is 5.92 Å². The number of nitrogens with zero attached hydrogens (tertiary/aromatic N) is 2. The third kappa shape index (κ3) is 4.45. The second-order valence-electron chi connectivity index (χ2n) is 7.48. The summed E-state index contributed by atoms with van der Waals surface area (Å²) in [6.07, 6.45) is -3.83. The van der Waals surface area contributed by atoms with E-state index in [0.29, 0.717) is 0 Å². The van der Waals surface area contributed by atoms with Crippen LogP contribution in [0.5, 0.6) is 0 Å². The Kier molecular flexibility index (Phi) is 6.02. The number of rotatable bonds is 4. The van der Waals surface area contributed by atoms with Gasteiger partial charge in [-0.15, -0.1) is 0 Å². The molecule has 0 unspecified atom stereocenters.